The van der Waals surface area contributed by atoms with Crippen molar-refractivity contribution in [3.63, 3.8) is 0 Å². The molecule has 0 aliphatic carbocycles. The molecular weight excluding hydrogens is 322 g/mol. The smallest absolute Gasteiger partial charge is 0.329 e. The van der Waals surface area contributed by atoms with E-state index < -0.39 is 30.0 Å². The molecule has 1 atom stereocenters. The zero-order chi connectivity index (χ0) is 18.3. The number of carboxylic acids is 1. The first-order valence-electron chi connectivity index (χ1n) is 7.62. The first kappa shape index (κ1) is 18.4. The molecule has 0 unspecified atom stereocenters. The predicted molar refractivity (Wildman–Crippen MR) is 91.7 cm³/mol. The van der Waals surface area contributed by atoms with Gasteiger partial charge in [-0.05, 0) is 11.1 Å². The molecule has 0 spiro atoms. The van der Waals surface area contributed by atoms with Crippen molar-refractivity contribution in [3.05, 3.63) is 84.1 Å². The predicted octanol–water partition coefficient (Wildman–Crippen LogP) is 1.04. The van der Waals surface area contributed by atoms with E-state index in [1.807, 2.05) is 0 Å². The molecule has 2 rings (SSSR count). The van der Waals surface area contributed by atoms with Crippen molar-refractivity contribution in [2.45, 2.75) is 11.5 Å². The van der Waals surface area contributed by atoms with E-state index in [0.717, 1.165) is 12.3 Å². The fraction of sp³-hybridized carbons (Fsp3) is 0.158. The van der Waals surface area contributed by atoms with E-state index in [9.17, 15) is 19.8 Å². The molecule has 0 aromatic heterocycles. The van der Waals surface area contributed by atoms with Gasteiger partial charge in [-0.1, -0.05) is 60.7 Å². The number of aliphatic carboxylic acids is 1. The summed E-state index contributed by atoms with van der Waals surface area (Å²) >= 11 is 0. The van der Waals surface area contributed by atoms with Crippen LogP contribution in [0.3, 0.4) is 0 Å². The number of amides is 1. The van der Waals surface area contributed by atoms with Gasteiger partial charge in [0.15, 0.2) is 0 Å². The fourth-order valence-electron chi connectivity index (χ4n) is 2.72. The Morgan fingerprint density at radius 3 is 1.88 bits per heavy atom. The Bertz CT molecular complexity index is 703. The number of nitrogens with one attached hydrogen (secondary N) is 1. The maximum atomic E-state index is 12.4. The van der Waals surface area contributed by atoms with E-state index in [4.69, 9.17) is 5.11 Å². The average Bonchev–Trinajstić information content (AvgIpc) is 2.64. The highest BCUT2D eigenvalue weighted by Gasteiger charge is 2.44. The molecule has 2 aromatic rings. The summed E-state index contributed by atoms with van der Waals surface area (Å²) in [6.07, 6.45) is 0.0446. The molecule has 0 heterocycles. The van der Waals surface area contributed by atoms with Crippen LogP contribution < -0.4 is 5.32 Å². The van der Waals surface area contributed by atoms with E-state index in [-0.39, 0.29) is 0 Å². The van der Waals surface area contributed by atoms with Crippen molar-refractivity contribution in [2.75, 3.05) is 6.61 Å². The second-order valence-corrected chi connectivity index (χ2v) is 5.44. The lowest BCUT2D eigenvalue weighted by atomic mass is 9.70. The van der Waals surface area contributed by atoms with Crippen molar-refractivity contribution < 1.29 is 24.9 Å². The van der Waals surface area contributed by atoms with Crippen molar-refractivity contribution in [2.24, 2.45) is 0 Å². The molecule has 6 heteroatoms. The van der Waals surface area contributed by atoms with E-state index in [1.54, 1.807) is 60.7 Å². The molecule has 25 heavy (non-hydrogen) atoms. The summed E-state index contributed by atoms with van der Waals surface area (Å²) in [5, 5.41) is 31.7. The lowest BCUT2D eigenvalue weighted by molar-refractivity contribution is -0.132. The minimum atomic E-state index is -1.64. The molecule has 0 saturated carbocycles. The first-order chi connectivity index (χ1) is 12.0. The summed E-state index contributed by atoms with van der Waals surface area (Å²) in [6, 6.07) is 17.4. The molecule has 0 aliphatic heterocycles. The van der Waals surface area contributed by atoms with Crippen LogP contribution in [0, 0.1) is 0 Å². The number of carbonyl (C=O) groups is 2. The minimum Gasteiger partial charge on any atom is -0.478 e. The minimum absolute atomic E-state index is 0.516. The first-order valence-corrected chi connectivity index (χ1v) is 7.62. The molecule has 2 aromatic carbocycles. The quantitative estimate of drug-likeness (QED) is 0.563. The van der Waals surface area contributed by atoms with Crippen molar-refractivity contribution in [3.8, 4) is 0 Å². The molecule has 0 fully saturated rings. The van der Waals surface area contributed by atoms with Crippen molar-refractivity contribution in [1.29, 1.82) is 0 Å². The van der Waals surface area contributed by atoms with Gasteiger partial charge in [0.25, 0.3) is 5.91 Å². The van der Waals surface area contributed by atoms with Crippen LogP contribution in [0.25, 0.3) is 0 Å². The average molecular weight is 341 g/mol. The SMILES string of the molecule is O=C(O)/C=C/NC(=O)[C@@H](O)C(CO)(c1ccccc1)c1ccccc1. The van der Waals surface area contributed by atoms with Crippen LogP contribution in [0.4, 0.5) is 0 Å². The van der Waals surface area contributed by atoms with Crippen LogP contribution in [-0.4, -0.2) is 39.9 Å². The number of rotatable bonds is 7. The van der Waals surface area contributed by atoms with Crippen LogP contribution in [0.15, 0.2) is 72.9 Å². The van der Waals surface area contributed by atoms with Gasteiger partial charge in [0.2, 0.25) is 0 Å². The number of benzene rings is 2. The number of hydrogen-bond donors (Lipinski definition) is 4. The number of aliphatic hydroxyl groups is 2. The van der Waals surface area contributed by atoms with Gasteiger partial charge in [0.05, 0.1) is 12.0 Å². The van der Waals surface area contributed by atoms with Gasteiger partial charge in [-0.2, -0.15) is 0 Å². The van der Waals surface area contributed by atoms with Crippen molar-refractivity contribution >= 4 is 11.9 Å². The monoisotopic (exact) mass is 341 g/mol. The molecule has 1 amide bonds. The van der Waals surface area contributed by atoms with Crippen LogP contribution in [0.1, 0.15) is 11.1 Å². The third-order valence-corrected chi connectivity index (χ3v) is 3.99. The Balaban J connectivity index is 2.48. The normalized spacial score (nSPS) is 12.7. The Labute approximate surface area is 145 Å². The van der Waals surface area contributed by atoms with E-state index in [1.165, 1.54) is 0 Å². The fourth-order valence-corrected chi connectivity index (χ4v) is 2.72. The molecule has 130 valence electrons. The molecule has 0 aliphatic rings. The summed E-state index contributed by atoms with van der Waals surface area (Å²) in [7, 11) is 0. The zero-order valence-corrected chi connectivity index (χ0v) is 13.4. The molecule has 4 N–H and O–H groups in total. The van der Waals surface area contributed by atoms with Crippen LogP contribution >= 0.6 is 0 Å². The van der Waals surface area contributed by atoms with E-state index in [0.29, 0.717) is 11.1 Å². The Morgan fingerprint density at radius 2 is 1.48 bits per heavy atom. The third-order valence-electron chi connectivity index (χ3n) is 3.99. The number of carboxylic acid groups (broad SMARTS) is 1. The van der Waals surface area contributed by atoms with Crippen molar-refractivity contribution in [1.82, 2.24) is 5.32 Å². The standard InChI is InChI=1S/C19H19NO5/c21-13-19(14-7-3-1-4-8-14,15-9-5-2-6-10-15)17(24)18(25)20-12-11-16(22)23/h1-12,17,21,24H,13H2,(H,20,25)(H,22,23)/b12-11+/t17-/m1/s1. The second kappa shape index (κ2) is 8.23. The summed E-state index contributed by atoms with van der Waals surface area (Å²) < 4.78 is 0. The largest absolute Gasteiger partial charge is 0.478 e. The van der Waals surface area contributed by atoms with E-state index in [2.05, 4.69) is 5.32 Å². The molecule has 0 bridgehead atoms. The third kappa shape index (κ3) is 3.93. The summed E-state index contributed by atoms with van der Waals surface area (Å²) in [5.74, 6) is -2.05. The lowest BCUT2D eigenvalue weighted by Crippen LogP contribution is -2.51. The summed E-state index contributed by atoms with van der Waals surface area (Å²) in [4.78, 5) is 22.9. The highest BCUT2D eigenvalue weighted by Crippen LogP contribution is 2.35. The highest BCUT2D eigenvalue weighted by molar-refractivity contribution is 5.86. The molecule has 0 radical (unpaired) electrons. The van der Waals surface area contributed by atoms with Gasteiger partial charge in [-0.25, -0.2) is 4.79 Å². The van der Waals surface area contributed by atoms with E-state index >= 15 is 0 Å². The topological polar surface area (TPSA) is 107 Å². The van der Waals surface area contributed by atoms with Crippen LogP contribution in [0.5, 0.6) is 0 Å². The lowest BCUT2D eigenvalue weighted by Gasteiger charge is -2.36. The number of aliphatic hydroxyl groups excluding tert-OH is 2. The van der Waals surface area contributed by atoms with Gasteiger partial charge in [0.1, 0.15) is 6.10 Å². The summed E-state index contributed by atoms with van der Waals surface area (Å²) in [6.45, 7) is -0.516. The molecular formula is C19H19NO5. The highest BCUT2D eigenvalue weighted by atomic mass is 16.4. The Kier molecular flexibility index (Phi) is 6.05. The summed E-state index contributed by atoms with van der Waals surface area (Å²) in [5.41, 5.74) is -0.258. The Hall–Kier alpha value is -2.96. The van der Waals surface area contributed by atoms with Gasteiger partial charge >= 0.3 is 5.97 Å². The maximum absolute atomic E-state index is 12.4. The van der Waals surface area contributed by atoms with Crippen LogP contribution in [0.2, 0.25) is 0 Å². The van der Waals surface area contributed by atoms with Gasteiger partial charge in [-0.15, -0.1) is 0 Å². The number of hydrogen-bond acceptors (Lipinski definition) is 4. The van der Waals surface area contributed by atoms with Gasteiger partial charge in [-0.3, -0.25) is 4.79 Å². The second-order valence-electron chi connectivity index (χ2n) is 5.44. The zero-order valence-electron chi connectivity index (χ0n) is 13.4. The molecule has 0 saturated heterocycles. The van der Waals surface area contributed by atoms with Crippen LogP contribution in [-0.2, 0) is 15.0 Å². The van der Waals surface area contributed by atoms with Gasteiger partial charge < -0.3 is 20.6 Å². The number of carbonyl (C=O) groups excluding carboxylic acids is 1. The Morgan fingerprint density at radius 1 is 1.00 bits per heavy atom. The van der Waals surface area contributed by atoms with Gasteiger partial charge in [0, 0.05) is 12.3 Å². The maximum Gasteiger partial charge on any atom is 0.329 e. The molecule has 6 nitrogen and oxygen atoms in total.